The first-order chi connectivity index (χ1) is 10.5. The van der Waals surface area contributed by atoms with Crippen LogP contribution in [0.3, 0.4) is 0 Å². The maximum absolute atomic E-state index is 12.2. The number of hydrogen-bond acceptors (Lipinski definition) is 2. The zero-order valence-electron chi connectivity index (χ0n) is 11.1. The molecule has 2 aromatic carbocycles. The Labute approximate surface area is 151 Å². The van der Waals surface area contributed by atoms with E-state index in [4.69, 9.17) is 23.2 Å². The fourth-order valence-corrected chi connectivity index (χ4v) is 2.56. The van der Waals surface area contributed by atoms with Crippen molar-refractivity contribution < 1.29 is 4.79 Å². The van der Waals surface area contributed by atoms with Crippen LogP contribution in [0.2, 0.25) is 10.0 Å². The fraction of sp³-hybridized carbons (Fsp3) is 0. The molecule has 0 aliphatic rings. The van der Waals surface area contributed by atoms with Gasteiger partial charge in [0.1, 0.15) is 11.6 Å². The van der Waals surface area contributed by atoms with Gasteiger partial charge in [-0.25, -0.2) is 0 Å². The van der Waals surface area contributed by atoms with E-state index in [1.165, 1.54) is 12.1 Å². The summed E-state index contributed by atoms with van der Waals surface area (Å²) in [6, 6.07) is 14.1. The van der Waals surface area contributed by atoms with Crippen LogP contribution in [0.4, 0.5) is 5.69 Å². The Morgan fingerprint density at radius 3 is 2.64 bits per heavy atom. The standard InChI is InChI=1S/C16H9Cl2IN2O/c17-12-5-6-13(18)15(8-12)21-16(22)11(9-20)7-10-3-1-2-4-14(10)19/h1-8H,(H,21,22). The van der Waals surface area contributed by atoms with E-state index in [0.29, 0.717) is 15.7 Å². The molecular formula is C16H9Cl2IN2O. The average molecular weight is 443 g/mol. The van der Waals surface area contributed by atoms with Gasteiger partial charge in [-0.05, 0) is 58.5 Å². The minimum Gasteiger partial charge on any atom is -0.320 e. The van der Waals surface area contributed by atoms with E-state index in [9.17, 15) is 10.1 Å². The molecule has 0 atom stereocenters. The summed E-state index contributed by atoms with van der Waals surface area (Å²) in [5.41, 5.74) is 1.15. The molecule has 0 saturated heterocycles. The molecule has 2 aromatic rings. The summed E-state index contributed by atoms with van der Waals surface area (Å²) in [4.78, 5) is 12.2. The van der Waals surface area contributed by atoms with Crippen LogP contribution >= 0.6 is 45.8 Å². The molecule has 1 amide bonds. The maximum Gasteiger partial charge on any atom is 0.266 e. The lowest BCUT2D eigenvalue weighted by Gasteiger charge is -2.07. The predicted molar refractivity (Wildman–Crippen MR) is 97.8 cm³/mol. The van der Waals surface area contributed by atoms with Crippen LogP contribution in [0.1, 0.15) is 5.56 Å². The fourth-order valence-electron chi connectivity index (χ4n) is 1.68. The van der Waals surface area contributed by atoms with Gasteiger partial charge in [-0.15, -0.1) is 0 Å². The van der Waals surface area contributed by atoms with Crippen molar-refractivity contribution in [1.29, 1.82) is 5.26 Å². The lowest BCUT2D eigenvalue weighted by molar-refractivity contribution is -0.112. The number of carbonyl (C=O) groups is 1. The molecule has 3 nitrogen and oxygen atoms in total. The van der Waals surface area contributed by atoms with Crippen LogP contribution in [0, 0.1) is 14.9 Å². The minimum absolute atomic E-state index is 0.0137. The third-order valence-corrected chi connectivity index (χ3v) is 4.29. The number of halogens is 3. The van der Waals surface area contributed by atoms with E-state index >= 15 is 0 Å². The van der Waals surface area contributed by atoms with Gasteiger partial charge in [0.05, 0.1) is 10.7 Å². The molecule has 22 heavy (non-hydrogen) atoms. The first-order valence-corrected chi connectivity index (χ1v) is 7.97. The van der Waals surface area contributed by atoms with E-state index in [1.54, 1.807) is 12.1 Å². The molecule has 0 unspecified atom stereocenters. The third kappa shape index (κ3) is 4.23. The van der Waals surface area contributed by atoms with Crippen molar-refractivity contribution >= 4 is 63.5 Å². The number of carbonyl (C=O) groups excluding carboxylic acids is 1. The average Bonchev–Trinajstić information content (AvgIpc) is 2.50. The largest absolute Gasteiger partial charge is 0.320 e. The summed E-state index contributed by atoms with van der Waals surface area (Å²) in [5.74, 6) is -0.536. The highest BCUT2D eigenvalue weighted by atomic mass is 127. The molecule has 0 aliphatic heterocycles. The number of nitriles is 1. The lowest BCUT2D eigenvalue weighted by Crippen LogP contribution is -2.13. The lowest BCUT2D eigenvalue weighted by atomic mass is 10.1. The van der Waals surface area contributed by atoms with Gasteiger partial charge in [0.15, 0.2) is 0 Å². The first kappa shape index (κ1) is 16.8. The topological polar surface area (TPSA) is 52.9 Å². The predicted octanol–water partition coefficient (Wildman–Crippen LogP) is 5.14. The van der Waals surface area contributed by atoms with Gasteiger partial charge in [0, 0.05) is 8.59 Å². The van der Waals surface area contributed by atoms with E-state index in [1.807, 2.05) is 30.3 Å². The number of hydrogen-bond donors (Lipinski definition) is 1. The SMILES string of the molecule is N#CC(=Cc1ccccc1I)C(=O)Nc1cc(Cl)ccc1Cl. The Hall–Kier alpha value is -1.55. The Balaban J connectivity index is 2.29. The van der Waals surface area contributed by atoms with Crippen molar-refractivity contribution in [2.45, 2.75) is 0 Å². The van der Waals surface area contributed by atoms with Crippen molar-refractivity contribution in [1.82, 2.24) is 0 Å². The van der Waals surface area contributed by atoms with Gasteiger partial charge in [-0.3, -0.25) is 4.79 Å². The molecule has 0 radical (unpaired) electrons. The second-order valence-electron chi connectivity index (χ2n) is 4.27. The van der Waals surface area contributed by atoms with E-state index in [0.717, 1.165) is 9.13 Å². The summed E-state index contributed by atoms with van der Waals surface area (Å²) < 4.78 is 0.946. The number of nitrogens with zero attached hydrogens (tertiary/aromatic N) is 1. The molecule has 0 heterocycles. The minimum atomic E-state index is -0.536. The van der Waals surface area contributed by atoms with Gasteiger partial charge < -0.3 is 5.32 Å². The molecule has 110 valence electrons. The Bertz CT molecular complexity index is 797. The second kappa shape index (κ2) is 7.63. The highest BCUT2D eigenvalue weighted by Gasteiger charge is 2.12. The molecule has 0 aromatic heterocycles. The summed E-state index contributed by atoms with van der Waals surface area (Å²) >= 11 is 14.0. The Kier molecular flexibility index (Phi) is 5.83. The maximum atomic E-state index is 12.2. The van der Waals surface area contributed by atoms with Crippen molar-refractivity contribution in [2.75, 3.05) is 5.32 Å². The molecule has 0 fully saturated rings. The summed E-state index contributed by atoms with van der Waals surface area (Å²) in [5, 5.41) is 12.6. The van der Waals surface area contributed by atoms with E-state index in [-0.39, 0.29) is 5.57 Å². The third-order valence-electron chi connectivity index (χ3n) is 2.75. The van der Waals surface area contributed by atoms with Crippen molar-refractivity contribution in [3.05, 3.63) is 67.2 Å². The van der Waals surface area contributed by atoms with Gasteiger partial charge >= 0.3 is 0 Å². The van der Waals surface area contributed by atoms with Gasteiger partial charge in [-0.2, -0.15) is 5.26 Å². The molecule has 2 rings (SSSR count). The van der Waals surface area contributed by atoms with Crippen LogP contribution in [0.25, 0.3) is 6.08 Å². The molecule has 0 saturated carbocycles. The quantitative estimate of drug-likeness (QED) is 0.406. The number of benzene rings is 2. The number of rotatable bonds is 3. The van der Waals surface area contributed by atoms with Crippen LogP contribution < -0.4 is 5.32 Å². The summed E-state index contributed by atoms with van der Waals surface area (Å²) in [6.07, 6.45) is 1.54. The normalized spacial score (nSPS) is 10.9. The zero-order valence-corrected chi connectivity index (χ0v) is 14.8. The van der Waals surface area contributed by atoms with Crippen molar-refractivity contribution in [2.24, 2.45) is 0 Å². The van der Waals surface area contributed by atoms with Crippen LogP contribution in [-0.4, -0.2) is 5.91 Å². The second-order valence-corrected chi connectivity index (χ2v) is 6.28. The van der Waals surface area contributed by atoms with Gasteiger partial charge in [0.25, 0.3) is 5.91 Å². The molecule has 0 spiro atoms. The van der Waals surface area contributed by atoms with Crippen molar-refractivity contribution in [3.8, 4) is 6.07 Å². The van der Waals surface area contributed by atoms with Gasteiger partial charge in [-0.1, -0.05) is 41.4 Å². The Morgan fingerprint density at radius 1 is 1.23 bits per heavy atom. The number of amides is 1. The van der Waals surface area contributed by atoms with E-state index in [2.05, 4.69) is 27.9 Å². The smallest absolute Gasteiger partial charge is 0.266 e. The monoisotopic (exact) mass is 442 g/mol. The Morgan fingerprint density at radius 2 is 1.95 bits per heavy atom. The van der Waals surface area contributed by atoms with Gasteiger partial charge in [0.2, 0.25) is 0 Å². The summed E-state index contributed by atoms with van der Waals surface area (Å²) in [6.45, 7) is 0. The molecular weight excluding hydrogens is 434 g/mol. The zero-order chi connectivity index (χ0) is 16.1. The number of anilines is 1. The molecule has 6 heteroatoms. The molecule has 1 N–H and O–H groups in total. The van der Waals surface area contributed by atoms with Crippen LogP contribution in [0.5, 0.6) is 0 Å². The summed E-state index contributed by atoms with van der Waals surface area (Å²) in [7, 11) is 0. The van der Waals surface area contributed by atoms with Crippen molar-refractivity contribution in [3.63, 3.8) is 0 Å². The molecule has 0 bridgehead atoms. The first-order valence-electron chi connectivity index (χ1n) is 6.14. The number of nitrogens with one attached hydrogen (secondary N) is 1. The van der Waals surface area contributed by atoms with Crippen LogP contribution in [0.15, 0.2) is 48.0 Å². The highest BCUT2D eigenvalue weighted by Crippen LogP contribution is 2.26. The van der Waals surface area contributed by atoms with Crippen LogP contribution in [-0.2, 0) is 4.79 Å². The highest BCUT2D eigenvalue weighted by molar-refractivity contribution is 14.1. The van der Waals surface area contributed by atoms with E-state index < -0.39 is 5.91 Å². The molecule has 0 aliphatic carbocycles.